The average Bonchev–Trinajstić information content (AvgIpc) is 2.73. The maximum absolute atomic E-state index is 12.6. The van der Waals surface area contributed by atoms with Crippen LogP contribution in [0.1, 0.15) is 33.3 Å². The second-order valence-corrected chi connectivity index (χ2v) is 7.75. The van der Waals surface area contributed by atoms with E-state index in [1.807, 2.05) is 0 Å². The summed E-state index contributed by atoms with van der Waals surface area (Å²) >= 11 is 0. The smallest absolute Gasteiger partial charge is 0.325 e. The first kappa shape index (κ1) is 27.4. The van der Waals surface area contributed by atoms with Crippen molar-refractivity contribution < 1.29 is 34.2 Å². The molecule has 0 saturated carbocycles. The van der Waals surface area contributed by atoms with Gasteiger partial charge in [-0.3, -0.25) is 24.0 Å². The Labute approximate surface area is 191 Å². The molecule has 0 aliphatic heterocycles. The molecule has 0 spiro atoms. The number of phenols is 1. The van der Waals surface area contributed by atoms with Gasteiger partial charge in [0.25, 0.3) is 0 Å². The first-order valence-electron chi connectivity index (χ1n) is 10.3. The van der Waals surface area contributed by atoms with Crippen LogP contribution < -0.4 is 27.0 Å². The number of nitrogens with two attached hydrogens (primary N) is 1. The van der Waals surface area contributed by atoms with Crippen molar-refractivity contribution in [2.75, 3.05) is 0 Å². The first-order chi connectivity index (χ1) is 15.3. The van der Waals surface area contributed by atoms with Crippen molar-refractivity contribution in [2.24, 2.45) is 5.73 Å². The number of aliphatic carboxylic acids is 1. The molecule has 182 valence electrons. The molecule has 0 heterocycles. The number of carbonyl (C=O) groups is 5. The van der Waals surface area contributed by atoms with Gasteiger partial charge in [-0.2, -0.15) is 0 Å². The summed E-state index contributed by atoms with van der Waals surface area (Å²) < 4.78 is 0. The Morgan fingerprint density at radius 3 is 1.70 bits per heavy atom. The highest BCUT2D eigenvalue weighted by Crippen LogP contribution is 2.12. The maximum Gasteiger partial charge on any atom is 0.325 e. The van der Waals surface area contributed by atoms with E-state index in [0.29, 0.717) is 5.56 Å². The van der Waals surface area contributed by atoms with Crippen LogP contribution in [0.5, 0.6) is 5.75 Å². The van der Waals surface area contributed by atoms with Gasteiger partial charge in [-0.15, -0.1) is 0 Å². The first-order valence-corrected chi connectivity index (χ1v) is 10.3. The third-order valence-corrected chi connectivity index (χ3v) is 4.66. The number of hydrogen-bond acceptors (Lipinski definition) is 7. The lowest BCUT2D eigenvalue weighted by Crippen LogP contribution is -2.57. The minimum absolute atomic E-state index is 0.00566. The molecule has 12 heteroatoms. The normalized spacial score (nSPS) is 15.2. The van der Waals surface area contributed by atoms with Crippen molar-refractivity contribution in [3.05, 3.63) is 29.8 Å². The third-order valence-electron chi connectivity index (χ3n) is 4.66. The number of nitrogens with one attached hydrogen (secondary N) is 4. The van der Waals surface area contributed by atoms with Gasteiger partial charge in [-0.05, 0) is 45.4 Å². The van der Waals surface area contributed by atoms with Gasteiger partial charge in [0, 0.05) is 6.42 Å². The molecule has 0 aliphatic rings. The van der Waals surface area contributed by atoms with Gasteiger partial charge in [0.15, 0.2) is 0 Å². The van der Waals surface area contributed by atoms with E-state index in [4.69, 9.17) is 10.8 Å². The van der Waals surface area contributed by atoms with E-state index in [-0.39, 0.29) is 12.2 Å². The van der Waals surface area contributed by atoms with Crippen LogP contribution in [0, 0.1) is 0 Å². The zero-order valence-corrected chi connectivity index (χ0v) is 18.9. The number of benzene rings is 1. The SMILES string of the molecule is C[C@H](N)C(=O)N[C@@H](C)C(=O)N[C@@H](C)C(=O)N[C@@H](Cc1ccc(O)cc1)C(=O)N[C@@H](C)C(=O)O. The lowest BCUT2D eigenvalue weighted by atomic mass is 10.0. The van der Waals surface area contributed by atoms with Crippen LogP contribution in [0.2, 0.25) is 0 Å². The fourth-order valence-corrected chi connectivity index (χ4v) is 2.56. The van der Waals surface area contributed by atoms with Gasteiger partial charge >= 0.3 is 5.97 Å². The van der Waals surface area contributed by atoms with Gasteiger partial charge < -0.3 is 37.2 Å². The minimum atomic E-state index is -1.25. The second kappa shape index (κ2) is 12.4. The molecule has 8 N–H and O–H groups in total. The number of carbonyl (C=O) groups excluding carboxylic acids is 4. The molecule has 0 aliphatic carbocycles. The Hall–Kier alpha value is -3.67. The molecule has 1 aromatic carbocycles. The fourth-order valence-electron chi connectivity index (χ4n) is 2.56. The summed E-state index contributed by atoms with van der Waals surface area (Å²) in [5.74, 6) is -3.83. The van der Waals surface area contributed by atoms with E-state index in [1.165, 1.54) is 39.8 Å². The maximum atomic E-state index is 12.6. The second-order valence-electron chi connectivity index (χ2n) is 7.75. The molecule has 12 nitrogen and oxygen atoms in total. The molecule has 0 fully saturated rings. The highest BCUT2D eigenvalue weighted by Gasteiger charge is 2.28. The highest BCUT2D eigenvalue weighted by molar-refractivity contribution is 5.95. The Kier molecular flexibility index (Phi) is 10.3. The molecule has 0 aromatic heterocycles. The molecule has 1 aromatic rings. The van der Waals surface area contributed by atoms with Crippen LogP contribution in [0.4, 0.5) is 0 Å². The Morgan fingerprint density at radius 1 is 0.758 bits per heavy atom. The lowest BCUT2D eigenvalue weighted by Gasteiger charge is -2.23. The predicted octanol–water partition coefficient (Wildman–Crippen LogP) is -1.63. The summed E-state index contributed by atoms with van der Waals surface area (Å²) in [5, 5.41) is 28.1. The summed E-state index contributed by atoms with van der Waals surface area (Å²) in [7, 11) is 0. The molecule has 5 atom stereocenters. The van der Waals surface area contributed by atoms with Crippen molar-refractivity contribution in [1.29, 1.82) is 0 Å². The van der Waals surface area contributed by atoms with E-state index >= 15 is 0 Å². The van der Waals surface area contributed by atoms with Gasteiger partial charge in [-0.25, -0.2) is 0 Å². The van der Waals surface area contributed by atoms with Crippen molar-refractivity contribution in [1.82, 2.24) is 21.3 Å². The van der Waals surface area contributed by atoms with E-state index in [0.717, 1.165) is 0 Å². The third kappa shape index (κ3) is 9.15. The number of aromatic hydroxyl groups is 1. The summed E-state index contributed by atoms with van der Waals surface area (Å²) in [6.07, 6.45) is 0.00566. The average molecular weight is 466 g/mol. The summed E-state index contributed by atoms with van der Waals surface area (Å²) in [6.45, 7) is 5.55. The van der Waals surface area contributed by atoms with Gasteiger partial charge in [0.05, 0.1) is 6.04 Å². The van der Waals surface area contributed by atoms with Gasteiger partial charge in [0.2, 0.25) is 23.6 Å². The predicted molar refractivity (Wildman–Crippen MR) is 118 cm³/mol. The van der Waals surface area contributed by atoms with Crippen molar-refractivity contribution in [2.45, 2.75) is 64.3 Å². The van der Waals surface area contributed by atoms with E-state index in [9.17, 15) is 29.1 Å². The van der Waals surface area contributed by atoms with Gasteiger partial charge in [0.1, 0.15) is 29.9 Å². The zero-order chi connectivity index (χ0) is 25.3. The number of carboxylic acids is 1. The quantitative estimate of drug-likeness (QED) is 0.202. The van der Waals surface area contributed by atoms with E-state index in [1.54, 1.807) is 12.1 Å². The lowest BCUT2D eigenvalue weighted by molar-refractivity contribution is -0.141. The van der Waals surface area contributed by atoms with E-state index in [2.05, 4.69) is 21.3 Å². The van der Waals surface area contributed by atoms with Crippen molar-refractivity contribution in [3.63, 3.8) is 0 Å². The molecule has 33 heavy (non-hydrogen) atoms. The number of amides is 4. The summed E-state index contributed by atoms with van der Waals surface area (Å²) in [6, 6.07) is 0.743. The standard InChI is InChI=1S/C21H31N5O7/c1-10(22)17(28)23-11(2)18(29)24-12(3)19(30)26-16(20(31)25-13(4)21(32)33)9-14-5-7-15(27)8-6-14/h5-8,10-13,16,27H,9,22H2,1-4H3,(H,23,28)(H,24,29)(H,25,31)(H,26,30)(H,32,33)/t10-,11-,12-,13-,16-/m0/s1. The molecule has 0 bridgehead atoms. The van der Waals surface area contributed by atoms with Crippen LogP contribution >= 0.6 is 0 Å². The van der Waals surface area contributed by atoms with E-state index < -0.39 is 59.8 Å². The molecular weight excluding hydrogens is 434 g/mol. The van der Waals surface area contributed by atoms with Crippen LogP contribution in [0.15, 0.2) is 24.3 Å². The number of carboxylic acid groups (broad SMARTS) is 1. The van der Waals surface area contributed by atoms with Crippen molar-refractivity contribution in [3.8, 4) is 5.75 Å². The number of hydrogen-bond donors (Lipinski definition) is 7. The number of rotatable bonds is 11. The molecule has 1 rings (SSSR count). The Morgan fingerprint density at radius 2 is 1.21 bits per heavy atom. The molecule has 4 amide bonds. The fraction of sp³-hybridized carbons (Fsp3) is 0.476. The molecule has 0 unspecified atom stereocenters. The highest BCUT2D eigenvalue weighted by atomic mass is 16.4. The van der Waals surface area contributed by atoms with Crippen LogP contribution in [0.25, 0.3) is 0 Å². The monoisotopic (exact) mass is 465 g/mol. The number of phenolic OH excluding ortho intramolecular Hbond substituents is 1. The molecule has 0 radical (unpaired) electrons. The topological polar surface area (TPSA) is 200 Å². The summed E-state index contributed by atoms with van der Waals surface area (Å²) in [5.41, 5.74) is 6.04. The molecule has 0 saturated heterocycles. The molecular formula is C21H31N5O7. The summed E-state index contributed by atoms with van der Waals surface area (Å²) in [4.78, 5) is 60.2. The largest absolute Gasteiger partial charge is 0.508 e. The van der Waals surface area contributed by atoms with Gasteiger partial charge in [-0.1, -0.05) is 12.1 Å². The van der Waals surface area contributed by atoms with Crippen LogP contribution in [0.3, 0.4) is 0 Å². The Balaban J connectivity index is 2.86. The van der Waals surface area contributed by atoms with Crippen molar-refractivity contribution >= 4 is 29.6 Å². The van der Waals surface area contributed by atoms with Crippen LogP contribution in [-0.2, 0) is 30.4 Å². The zero-order valence-electron chi connectivity index (χ0n) is 18.9. The van der Waals surface area contributed by atoms with Crippen LogP contribution in [-0.4, -0.2) is 70.0 Å². The minimum Gasteiger partial charge on any atom is -0.508 e. The Bertz CT molecular complexity index is 872.